The van der Waals surface area contributed by atoms with Crippen LogP contribution in [0.4, 0.5) is 5.69 Å². The minimum absolute atomic E-state index is 0. The Morgan fingerprint density at radius 2 is 2.00 bits per heavy atom. The van der Waals surface area contributed by atoms with Crippen molar-refractivity contribution in [1.29, 1.82) is 0 Å². The Morgan fingerprint density at radius 3 is 2.62 bits per heavy atom. The van der Waals surface area contributed by atoms with Crippen molar-refractivity contribution in [2.75, 3.05) is 38.1 Å². The Kier molecular flexibility index (Phi) is 5.48. The van der Waals surface area contributed by atoms with Crippen LogP contribution in [0.15, 0.2) is 30.3 Å². The maximum Gasteiger partial charge on any atom is 0.228 e. The van der Waals surface area contributed by atoms with Crippen LogP contribution in [0.5, 0.6) is 0 Å². The van der Waals surface area contributed by atoms with Crippen LogP contribution in [0.2, 0.25) is 0 Å². The monoisotopic (exact) mass is 309 g/mol. The number of hydrogen-bond acceptors (Lipinski definition) is 3. The molecule has 2 aliphatic rings. The van der Waals surface area contributed by atoms with Crippen LogP contribution >= 0.6 is 12.4 Å². The molecule has 0 radical (unpaired) electrons. The second kappa shape index (κ2) is 7.14. The summed E-state index contributed by atoms with van der Waals surface area (Å²) in [4.78, 5) is 16.7. The topological polar surface area (TPSA) is 35.6 Å². The van der Waals surface area contributed by atoms with E-state index in [0.29, 0.717) is 11.9 Å². The third-order valence-corrected chi connectivity index (χ3v) is 4.54. The van der Waals surface area contributed by atoms with E-state index < -0.39 is 0 Å². The minimum Gasteiger partial charge on any atom is -0.369 e. The molecule has 1 unspecified atom stereocenters. The molecule has 0 saturated carbocycles. The summed E-state index contributed by atoms with van der Waals surface area (Å²) in [6, 6.07) is 10.9. The highest BCUT2D eigenvalue weighted by Gasteiger charge is 2.32. The van der Waals surface area contributed by atoms with Gasteiger partial charge in [0.1, 0.15) is 0 Å². The van der Waals surface area contributed by atoms with Crippen LogP contribution < -0.4 is 10.2 Å². The molecule has 1 atom stereocenters. The van der Waals surface area contributed by atoms with Gasteiger partial charge in [0.05, 0.1) is 5.92 Å². The summed E-state index contributed by atoms with van der Waals surface area (Å²) in [5, 5.41) is 3.18. The smallest absolute Gasteiger partial charge is 0.228 e. The molecule has 1 amide bonds. The number of nitrogens with one attached hydrogen (secondary N) is 1. The molecular weight excluding hydrogens is 286 g/mol. The molecule has 1 aromatic rings. The van der Waals surface area contributed by atoms with Gasteiger partial charge in [-0.15, -0.1) is 12.4 Å². The summed E-state index contributed by atoms with van der Waals surface area (Å²) in [5.41, 5.74) is 1.27. The lowest BCUT2D eigenvalue weighted by Crippen LogP contribution is -2.56. The van der Waals surface area contributed by atoms with Crippen LogP contribution in [0.25, 0.3) is 0 Å². The normalized spacial score (nSPS) is 22.1. The molecule has 2 fully saturated rings. The van der Waals surface area contributed by atoms with E-state index >= 15 is 0 Å². The Hall–Kier alpha value is -1.26. The number of carbonyl (C=O) groups excluding carboxylic acids is 1. The zero-order valence-corrected chi connectivity index (χ0v) is 13.3. The summed E-state index contributed by atoms with van der Waals surface area (Å²) in [7, 11) is 1.97. The van der Waals surface area contributed by atoms with Crippen molar-refractivity contribution in [2.45, 2.75) is 18.9 Å². The molecular formula is C16H24ClN3O. The number of piperidine rings is 1. The van der Waals surface area contributed by atoms with Gasteiger partial charge in [0.15, 0.2) is 0 Å². The second-order valence-corrected chi connectivity index (χ2v) is 5.88. The first-order valence-electron chi connectivity index (χ1n) is 7.53. The van der Waals surface area contributed by atoms with E-state index in [9.17, 15) is 4.79 Å². The van der Waals surface area contributed by atoms with E-state index in [4.69, 9.17) is 0 Å². The Morgan fingerprint density at radius 1 is 1.29 bits per heavy atom. The molecule has 2 heterocycles. The van der Waals surface area contributed by atoms with Gasteiger partial charge >= 0.3 is 0 Å². The number of likely N-dealkylation sites (N-methyl/N-ethyl adjacent to an activating group) is 1. The van der Waals surface area contributed by atoms with E-state index in [1.165, 1.54) is 5.69 Å². The van der Waals surface area contributed by atoms with Crippen molar-refractivity contribution in [2.24, 2.45) is 5.92 Å². The fourth-order valence-electron chi connectivity index (χ4n) is 3.08. The van der Waals surface area contributed by atoms with Crippen LogP contribution in [0, 0.1) is 5.92 Å². The van der Waals surface area contributed by atoms with Crippen molar-refractivity contribution in [3.05, 3.63) is 30.3 Å². The van der Waals surface area contributed by atoms with Gasteiger partial charge in [0.2, 0.25) is 5.91 Å². The number of nitrogens with zero attached hydrogens (tertiary/aromatic N) is 2. The number of anilines is 1. The number of rotatable bonds is 3. The molecule has 116 valence electrons. The molecule has 2 saturated heterocycles. The summed E-state index contributed by atoms with van der Waals surface area (Å²) in [6.07, 6.45) is 2.27. The third kappa shape index (κ3) is 3.50. The van der Waals surface area contributed by atoms with Crippen LogP contribution in [-0.4, -0.2) is 50.1 Å². The predicted octanol–water partition coefficient (Wildman–Crippen LogP) is 1.75. The first kappa shape index (κ1) is 16.1. The molecule has 21 heavy (non-hydrogen) atoms. The van der Waals surface area contributed by atoms with Crippen molar-refractivity contribution in [3.8, 4) is 0 Å². The fraction of sp³-hybridized carbons (Fsp3) is 0.562. The van der Waals surface area contributed by atoms with Crippen molar-refractivity contribution >= 4 is 24.0 Å². The molecule has 5 heteroatoms. The fourth-order valence-corrected chi connectivity index (χ4v) is 3.08. The first-order chi connectivity index (χ1) is 9.75. The largest absolute Gasteiger partial charge is 0.369 e. The quantitative estimate of drug-likeness (QED) is 0.924. The van der Waals surface area contributed by atoms with E-state index in [1.54, 1.807) is 0 Å². The standard InChI is InChI=1S/C16H23N3O.ClH/c1-18(16(20)13-10-17-11-13)15-8-5-9-19(12-15)14-6-3-2-4-7-14;/h2-4,6-7,13,15,17H,5,8-12H2,1H3;1H. The highest BCUT2D eigenvalue weighted by atomic mass is 35.5. The van der Waals surface area contributed by atoms with Gasteiger partial charge in [-0.25, -0.2) is 0 Å². The second-order valence-electron chi connectivity index (χ2n) is 5.88. The molecule has 2 aliphatic heterocycles. The lowest BCUT2D eigenvalue weighted by molar-refractivity contribution is -0.138. The average Bonchev–Trinajstić information content (AvgIpc) is 2.46. The van der Waals surface area contributed by atoms with Gasteiger partial charge in [0, 0.05) is 45.0 Å². The van der Waals surface area contributed by atoms with Gasteiger partial charge in [-0.1, -0.05) is 18.2 Å². The number of amides is 1. The lowest BCUT2D eigenvalue weighted by Gasteiger charge is -2.41. The van der Waals surface area contributed by atoms with Gasteiger partial charge in [-0.3, -0.25) is 4.79 Å². The molecule has 0 bridgehead atoms. The van der Waals surface area contributed by atoms with Crippen LogP contribution in [0.3, 0.4) is 0 Å². The Balaban J connectivity index is 0.00000161. The van der Waals surface area contributed by atoms with Gasteiger partial charge in [-0.05, 0) is 25.0 Å². The first-order valence-corrected chi connectivity index (χ1v) is 7.53. The molecule has 0 spiro atoms. The highest BCUT2D eigenvalue weighted by molar-refractivity contribution is 5.85. The predicted molar refractivity (Wildman–Crippen MR) is 88.1 cm³/mol. The SMILES string of the molecule is CN(C(=O)C1CNC1)C1CCCN(c2ccccc2)C1.Cl. The van der Waals surface area contributed by atoms with E-state index in [-0.39, 0.29) is 18.3 Å². The van der Waals surface area contributed by atoms with Crippen molar-refractivity contribution in [3.63, 3.8) is 0 Å². The van der Waals surface area contributed by atoms with E-state index in [1.807, 2.05) is 18.0 Å². The van der Waals surface area contributed by atoms with Crippen molar-refractivity contribution in [1.82, 2.24) is 10.2 Å². The minimum atomic E-state index is 0. The molecule has 0 aromatic heterocycles. The summed E-state index contributed by atoms with van der Waals surface area (Å²) in [5.74, 6) is 0.510. The molecule has 1 N–H and O–H groups in total. The summed E-state index contributed by atoms with van der Waals surface area (Å²) in [6.45, 7) is 3.73. The number of halogens is 1. The number of benzene rings is 1. The zero-order valence-electron chi connectivity index (χ0n) is 12.5. The molecule has 3 rings (SSSR count). The molecule has 1 aromatic carbocycles. The highest BCUT2D eigenvalue weighted by Crippen LogP contribution is 2.23. The Labute approximate surface area is 132 Å². The number of carbonyl (C=O) groups is 1. The Bertz CT molecular complexity index is 464. The maximum atomic E-state index is 12.3. The van der Waals surface area contributed by atoms with Gasteiger partial charge in [-0.2, -0.15) is 0 Å². The molecule has 4 nitrogen and oxygen atoms in total. The van der Waals surface area contributed by atoms with Crippen LogP contribution in [0.1, 0.15) is 12.8 Å². The molecule has 0 aliphatic carbocycles. The summed E-state index contributed by atoms with van der Waals surface area (Å²) >= 11 is 0. The van der Waals surface area contributed by atoms with Crippen molar-refractivity contribution < 1.29 is 4.79 Å². The van der Waals surface area contributed by atoms with Gasteiger partial charge in [0.25, 0.3) is 0 Å². The van der Waals surface area contributed by atoms with E-state index in [2.05, 4.69) is 34.5 Å². The average molecular weight is 310 g/mol. The van der Waals surface area contributed by atoms with Gasteiger partial charge < -0.3 is 15.1 Å². The van der Waals surface area contributed by atoms with Crippen LogP contribution in [-0.2, 0) is 4.79 Å². The zero-order chi connectivity index (χ0) is 13.9. The van der Waals surface area contributed by atoms with E-state index in [0.717, 1.165) is 39.0 Å². The summed E-state index contributed by atoms with van der Waals surface area (Å²) < 4.78 is 0. The lowest BCUT2D eigenvalue weighted by atomic mass is 9.98. The third-order valence-electron chi connectivity index (χ3n) is 4.54. The number of hydrogen-bond donors (Lipinski definition) is 1. The number of para-hydroxylation sites is 1. The maximum absolute atomic E-state index is 12.3.